The maximum atomic E-state index is 10.2. The van der Waals surface area contributed by atoms with Crippen molar-refractivity contribution in [2.24, 2.45) is 0 Å². The van der Waals surface area contributed by atoms with Gasteiger partial charge in [0.25, 0.3) is 0 Å². The molecule has 1 atom stereocenters. The lowest BCUT2D eigenvalue weighted by Crippen LogP contribution is -2.02. The Kier molecular flexibility index (Phi) is 1.95. The zero-order valence-corrected chi connectivity index (χ0v) is 8.21. The molecule has 1 aromatic carbocycles. The third-order valence-electron chi connectivity index (χ3n) is 2.36. The molecule has 2 rings (SSSR count). The van der Waals surface area contributed by atoms with Crippen LogP contribution in [0.5, 0.6) is 0 Å². The number of hydrogen-bond acceptors (Lipinski definition) is 2. The fourth-order valence-corrected chi connectivity index (χ4v) is 3.40. The van der Waals surface area contributed by atoms with E-state index < -0.39 is 10.3 Å². The minimum atomic E-state index is -2.06. The quantitative estimate of drug-likeness (QED) is 0.725. The van der Waals surface area contributed by atoms with Crippen molar-refractivity contribution in [3.8, 4) is 0 Å². The normalized spacial score (nSPS) is 30.5. The molecule has 1 heterocycles. The summed E-state index contributed by atoms with van der Waals surface area (Å²) in [5, 5.41) is 9.19. The van der Waals surface area contributed by atoms with Crippen molar-refractivity contribution in [1.29, 1.82) is 0 Å². The number of aliphatic hydroxyl groups excluding tert-OH is 1. The minimum absolute atomic E-state index is 0.174. The zero-order valence-electron chi connectivity index (χ0n) is 7.40. The highest BCUT2D eigenvalue weighted by Crippen LogP contribution is 2.63. The highest BCUT2D eigenvalue weighted by molar-refractivity contribution is 8.32. The van der Waals surface area contributed by atoms with Crippen LogP contribution in [0.3, 0.4) is 0 Å². The molecule has 0 spiro atoms. The van der Waals surface area contributed by atoms with Crippen LogP contribution in [0.4, 0.5) is 0 Å². The van der Waals surface area contributed by atoms with Gasteiger partial charge in [-0.3, -0.25) is 0 Å². The van der Waals surface area contributed by atoms with Crippen LogP contribution in [0.15, 0.2) is 34.1 Å². The summed E-state index contributed by atoms with van der Waals surface area (Å²) in [6, 6.07) is 7.66. The van der Waals surface area contributed by atoms with E-state index >= 15 is 0 Å². The lowest BCUT2D eigenvalue weighted by Gasteiger charge is -2.29. The molecule has 0 aromatic heterocycles. The van der Waals surface area contributed by atoms with E-state index in [0.29, 0.717) is 0 Å². The fourth-order valence-electron chi connectivity index (χ4n) is 1.57. The van der Waals surface area contributed by atoms with Crippen LogP contribution in [0, 0.1) is 0 Å². The molecule has 1 aliphatic heterocycles. The topological polar surface area (TPSA) is 40.5 Å². The molecule has 0 fully saturated rings. The molecular weight excluding hydrogens is 184 g/mol. The van der Waals surface area contributed by atoms with Crippen molar-refractivity contribution in [3.05, 3.63) is 34.7 Å². The minimum Gasteiger partial charge on any atom is -0.385 e. The maximum absolute atomic E-state index is 10.2. The number of hydrogen-bond donors (Lipinski definition) is 2. The summed E-state index contributed by atoms with van der Waals surface area (Å²) in [6.07, 6.45) is 1.95. The van der Waals surface area contributed by atoms with E-state index in [9.17, 15) is 9.66 Å². The largest absolute Gasteiger partial charge is 0.385 e. The second-order valence-electron chi connectivity index (χ2n) is 3.12. The monoisotopic (exact) mass is 196 g/mol. The summed E-state index contributed by atoms with van der Waals surface area (Å²) in [7, 11) is -2.06. The van der Waals surface area contributed by atoms with Gasteiger partial charge in [0.05, 0.1) is 0 Å². The Labute approximate surface area is 79.1 Å². The van der Waals surface area contributed by atoms with Gasteiger partial charge in [-0.25, -0.2) is 0 Å². The number of rotatable bonds is 1. The zero-order chi connectivity index (χ0) is 9.47. The molecule has 0 radical (unpaired) electrons. The summed E-state index contributed by atoms with van der Waals surface area (Å²) in [4.78, 5) is 1.77. The van der Waals surface area contributed by atoms with Gasteiger partial charge in [0.1, 0.15) is 5.94 Å². The van der Waals surface area contributed by atoms with Gasteiger partial charge in [-0.15, -0.1) is 0 Å². The van der Waals surface area contributed by atoms with Crippen LogP contribution >= 0.6 is 10.3 Å². The van der Waals surface area contributed by atoms with Gasteiger partial charge in [0.2, 0.25) is 0 Å². The lowest BCUT2D eigenvalue weighted by molar-refractivity contribution is 0.359. The number of aliphatic hydroxyl groups is 1. The molecule has 1 unspecified atom stereocenters. The highest BCUT2D eigenvalue weighted by Gasteiger charge is 2.31. The van der Waals surface area contributed by atoms with Crippen molar-refractivity contribution in [2.45, 2.75) is 11.8 Å². The SMILES string of the molecule is CC1=Cc2ccccc2S1(O)CO. The first-order valence-electron chi connectivity index (χ1n) is 4.10. The molecule has 13 heavy (non-hydrogen) atoms. The Morgan fingerprint density at radius 3 is 2.69 bits per heavy atom. The molecule has 0 aliphatic carbocycles. The van der Waals surface area contributed by atoms with E-state index in [2.05, 4.69) is 0 Å². The number of benzene rings is 1. The van der Waals surface area contributed by atoms with E-state index in [0.717, 1.165) is 15.4 Å². The van der Waals surface area contributed by atoms with Crippen molar-refractivity contribution in [3.63, 3.8) is 0 Å². The Balaban J connectivity index is 2.61. The number of fused-ring (bicyclic) bond motifs is 1. The van der Waals surface area contributed by atoms with E-state index in [1.54, 1.807) is 0 Å². The van der Waals surface area contributed by atoms with Crippen LogP contribution in [0.1, 0.15) is 12.5 Å². The van der Waals surface area contributed by atoms with Gasteiger partial charge in [-0.1, -0.05) is 28.5 Å². The highest BCUT2D eigenvalue weighted by atomic mass is 32.3. The van der Waals surface area contributed by atoms with Gasteiger partial charge in [0.15, 0.2) is 0 Å². The maximum Gasteiger partial charge on any atom is 0.102 e. The molecular formula is C10H12O2S. The summed E-state index contributed by atoms with van der Waals surface area (Å²) >= 11 is 0. The molecule has 1 aliphatic rings. The van der Waals surface area contributed by atoms with Gasteiger partial charge in [-0.2, -0.15) is 0 Å². The predicted molar refractivity (Wildman–Crippen MR) is 55.7 cm³/mol. The van der Waals surface area contributed by atoms with Gasteiger partial charge in [0, 0.05) is 4.90 Å². The molecule has 0 bridgehead atoms. The average molecular weight is 196 g/mol. The van der Waals surface area contributed by atoms with Crippen LogP contribution in [-0.4, -0.2) is 15.6 Å². The standard InChI is InChI=1S/C10H12O2S/c1-8-6-9-4-2-3-5-10(9)13(8,12)7-11/h2-6,11-12H,7H2,1H3. The first kappa shape index (κ1) is 8.81. The van der Waals surface area contributed by atoms with Crippen molar-refractivity contribution in [2.75, 3.05) is 5.94 Å². The molecule has 70 valence electrons. The predicted octanol–water partition coefficient (Wildman–Crippen LogP) is 2.65. The molecule has 3 heteroatoms. The van der Waals surface area contributed by atoms with Crippen LogP contribution in [0.2, 0.25) is 0 Å². The Morgan fingerprint density at radius 1 is 1.31 bits per heavy atom. The van der Waals surface area contributed by atoms with E-state index in [1.165, 1.54) is 0 Å². The van der Waals surface area contributed by atoms with E-state index in [1.807, 2.05) is 37.3 Å². The smallest absolute Gasteiger partial charge is 0.102 e. The van der Waals surface area contributed by atoms with E-state index in [4.69, 9.17) is 0 Å². The molecule has 2 N–H and O–H groups in total. The van der Waals surface area contributed by atoms with Gasteiger partial charge >= 0.3 is 0 Å². The third-order valence-corrected chi connectivity index (χ3v) is 5.02. The summed E-state index contributed by atoms with van der Waals surface area (Å²) in [5.41, 5.74) is 1.03. The summed E-state index contributed by atoms with van der Waals surface area (Å²) < 4.78 is 10.2. The Bertz CT molecular complexity index is 373. The fraction of sp³-hybridized carbons (Fsp3) is 0.200. The first-order valence-corrected chi connectivity index (χ1v) is 5.86. The van der Waals surface area contributed by atoms with Crippen LogP contribution in [-0.2, 0) is 0 Å². The first-order chi connectivity index (χ1) is 6.18. The third kappa shape index (κ3) is 1.12. The van der Waals surface area contributed by atoms with Gasteiger partial charge < -0.3 is 9.66 Å². The summed E-state index contributed by atoms with van der Waals surface area (Å²) in [5.74, 6) is -0.174. The molecule has 0 saturated carbocycles. The van der Waals surface area contributed by atoms with E-state index in [-0.39, 0.29) is 5.94 Å². The average Bonchev–Trinajstić information content (AvgIpc) is 2.41. The van der Waals surface area contributed by atoms with Crippen LogP contribution in [0.25, 0.3) is 6.08 Å². The molecule has 0 amide bonds. The van der Waals surface area contributed by atoms with Crippen LogP contribution < -0.4 is 0 Å². The van der Waals surface area contributed by atoms with Crippen molar-refractivity contribution in [1.82, 2.24) is 0 Å². The Hall–Kier alpha value is -0.770. The number of allylic oxidation sites excluding steroid dienone is 1. The van der Waals surface area contributed by atoms with Crippen molar-refractivity contribution < 1.29 is 9.66 Å². The second kappa shape index (κ2) is 2.87. The summed E-state index contributed by atoms with van der Waals surface area (Å²) in [6.45, 7) is 1.87. The molecule has 0 saturated heterocycles. The molecule has 2 nitrogen and oxygen atoms in total. The van der Waals surface area contributed by atoms with Gasteiger partial charge in [-0.05, 0) is 29.5 Å². The second-order valence-corrected chi connectivity index (χ2v) is 5.87. The Morgan fingerprint density at radius 2 is 2.00 bits per heavy atom. The lowest BCUT2D eigenvalue weighted by atomic mass is 10.2. The van der Waals surface area contributed by atoms with Crippen molar-refractivity contribution >= 4 is 16.4 Å². The molecule has 1 aromatic rings.